The number of benzene rings is 2. The van der Waals surface area contributed by atoms with E-state index in [1.165, 1.54) is 6.07 Å². The van der Waals surface area contributed by atoms with Gasteiger partial charge in [0.1, 0.15) is 23.5 Å². The van der Waals surface area contributed by atoms with Crippen LogP contribution in [0.1, 0.15) is 29.7 Å². The molecule has 0 radical (unpaired) electrons. The number of rotatable bonds is 8. The highest BCUT2D eigenvalue weighted by Crippen LogP contribution is 2.30. The zero-order valence-electron chi connectivity index (χ0n) is 22.4. The summed E-state index contributed by atoms with van der Waals surface area (Å²) >= 11 is 0. The number of aliphatic imine (C=N–C) groups is 1. The third-order valence-electron chi connectivity index (χ3n) is 7.15. The lowest BCUT2D eigenvalue weighted by Crippen LogP contribution is -2.42. The van der Waals surface area contributed by atoms with Gasteiger partial charge in [-0.15, -0.1) is 0 Å². The van der Waals surface area contributed by atoms with E-state index < -0.39 is 0 Å². The molecule has 10 heteroatoms. The van der Waals surface area contributed by atoms with Crippen molar-refractivity contribution in [2.75, 3.05) is 38.7 Å². The Hall–Kier alpha value is -4.02. The Morgan fingerprint density at radius 1 is 1.18 bits per heavy atom. The van der Waals surface area contributed by atoms with Crippen LogP contribution in [0.4, 0.5) is 15.0 Å². The Kier molecular flexibility index (Phi) is 8.04. The molecule has 2 aliphatic heterocycles. The molecule has 2 amide bonds. The van der Waals surface area contributed by atoms with Gasteiger partial charge in [-0.3, -0.25) is 15.2 Å². The summed E-state index contributed by atoms with van der Waals surface area (Å²) in [5.41, 5.74) is 4.05. The number of nitrogens with zero attached hydrogens (tertiary/aromatic N) is 4. The molecule has 1 fully saturated rings. The number of hydrogen-bond acceptors (Lipinski definition) is 6. The first-order valence-corrected chi connectivity index (χ1v) is 13.1. The highest BCUT2D eigenvalue weighted by Gasteiger charge is 2.35. The number of carbonyl (C=O) groups is 1. The predicted molar refractivity (Wildman–Crippen MR) is 151 cm³/mol. The molecule has 3 atom stereocenters. The summed E-state index contributed by atoms with van der Waals surface area (Å²) in [6.45, 7) is 6.54. The number of anilines is 1. The van der Waals surface area contributed by atoms with Crippen LogP contribution in [0.5, 0.6) is 0 Å². The largest absolute Gasteiger partial charge is 0.383 e. The van der Waals surface area contributed by atoms with Gasteiger partial charge in [-0.25, -0.2) is 13.9 Å². The predicted octanol–water partition coefficient (Wildman–Crippen LogP) is 3.92. The zero-order chi connectivity index (χ0) is 27.4. The highest BCUT2D eigenvalue weighted by atomic mass is 19.1. The second-order valence-electron chi connectivity index (χ2n) is 9.91. The lowest BCUT2D eigenvalue weighted by molar-refractivity contribution is 0.159. The van der Waals surface area contributed by atoms with Gasteiger partial charge in [0.25, 0.3) is 0 Å². The van der Waals surface area contributed by atoms with Gasteiger partial charge in [-0.2, -0.15) is 5.10 Å². The van der Waals surface area contributed by atoms with Crippen LogP contribution in [-0.2, 0) is 4.74 Å². The number of halogens is 1. The molecule has 3 heterocycles. The fourth-order valence-electron chi connectivity index (χ4n) is 5.11. The number of ether oxygens (including phenoxy) is 1. The molecule has 0 aliphatic carbocycles. The Bertz CT molecular complexity index is 1370. The van der Waals surface area contributed by atoms with Crippen LogP contribution >= 0.6 is 0 Å². The molecule has 3 aromatic rings. The highest BCUT2D eigenvalue weighted by molar-refractivity contribution is 6.10. The van der Waals surface area contributed by atoms with Gasteiger partial charge in [0.2, 0.25) is 0 Å². The Balaban J connectivity index is 1.41. The number of carbonyl (C=O) groups excluding carboxylic acids is 1. The minimum Gasteiger partial charge on any atom is -0.383 e. The van der Waals surface area contributed by atoms with E-state index in [0.717, 1.165) is 34.6 Å². The van der Waals surface area contributed by atoms with Gasteiger partial charge < -0.3 is 15.4 Å². The average Bonchev–Trinajstić information content (AvgIpc) is 3.49. The summed E-state index contributed by atoms with van der Waals surface area (Å²) in [4.78, 5) is 20.1. The molecule has 0 saturated carbocycles. The van der Waals surface area contributed by atoms with Crippen LogP contribution in [0, 0.1) is 12.7 Å². The molecular weight excluding hydrogens is 497 g/mol. The van der Waals surface area contributed by atoms with Crippen LogP contribution in [0.3, 0.4) is 0 Å². The third-order valence-corrected chi connectivity index (χ3v) is 7.15. The molecule has 1 saturated heterocycles. The molecule has 5 rings (SSSR count). The molecule has 2 aliphatic rings. The van der Waals surface area contributed by atoms with E-state index in [2.05, 4.69) is 25.8 Å². The van der Waals surface area contributed by atoms with Crippen molar-refractivity contribution < 1.29 is 13.9 Å². The molecule has 39 heavy (non-hydrogen) atoms. The molecular formula is C29H34FN7O2. The monoisotopic (exact) mass is 531 g/mol. The van der Waals surface area contributed by atoms with E-state index in [1.54, 1.807) is 30.1 Å². The van der Waals surface area contributed by atoms with E-state index in [0.29, 0.717) is 25.5 Å². The SMILES string of the molecule is COCCN1C[C@@H](NC(=O)Nc2c(C)c(C3=CNC(C)N=C3)nn2-c2ccccc2)[C@H](c2cccc(F)c2)C1. The van der Waals surface area contributed by atoms with Gasteiger partial charge in [-0.05, 0) is 43.7 Å². The maximum atomic E-state index is 14.1. The van der Waals surface area contributed by atoms with Crippen molar-refractivity contribution in [3.63, 3.8) is 0 Å². The number of urea groups is 1. The van der Waals surface area contributed by atoms with Gasteiger partial charge in [0, 0.05) is 56.2 Å². The molecule has 3 N–H and O–H groups in total. The normalized spacial score (nSPS) is 20.9. The van der Waals surface area contributed by atoms with E-state index in [-0.39, 0.29) is 30.0 Å². The van der Waals surface area contributed by atoms with Crippen molar-refractivity contribution in [2.45, 2.75) is 32.0 Å². The molecule has 2 aromatic carbocycles. The number of hydrogen-bond donors (Lipinski definition) is 3. The zero-order valence-corrected chi connectivity index (χ0v) is 22.4. The Labute approximate surface area is 227 Å². The summed E-state index contributed by atoms with van der Waals surface area (Å²) in [5.74, 6) is 0.222. The van der Waals surface area contributed by atoms with E-state index in [4.69, 9.17) is 9.84 Å². The number of para-hydroxylation sites is 1. The van der Waals surface area contributed by atoms with Crippen molar-refractivity contribution in [3.05, 3.63) is 83.4 Å². The standard InChI is InChI=1S/C29H34FN7O2/c1-19-27(22-15-31-20(2)32-16-22)35-37(24-10-5-4-6-11-24)28(19)34-29(38)33-26-18-36(12-13-39-3)17-25(26)21-8-7-9-23(30)14-21/h4-11,14-16,20,25-26,31H,12-13,17-18H2,1-3H3,(H2,33,34,38)/t20?,25-,26+/m0/s1. The van der Waals surface area contributed by atoms with Crippen molar-refractivity contribution in [1.82, 2.24) is 25.3 Å². The summed E-state index contributed by atoms with van der Waals surface area (Å²) in [7, 11) is 1.67. The van der Waals surface area contributed by atoms with Crippen LogP contribution in [0.25, 0.3) is 11.3 Å². The van der Waals surface area contributed by atoms with Crippen molar-refractivity contribution in [2.24, 2.45) is 4.99 Å². The van der Waals surface area contributed by atoms with Crippen LogP contribution in [-0.4, -0.2) is 72.5 Å². The first-order chi connectivity index (χ1) is 18.9. The maximum absolute atomic E-state index is 14.1. The molecule has 1 unspecified atom stereocenters. The summed E-state index contributed by atoms with van der Waals surface area (Å²) in [6, 6.07) is 15.7. The Morgan fingerprint density at radius 2 is 2.00 bits per heavy atom. The fraction of sp³-hybridized carbons (Fsp3) is 0.345. The summed E-state index contributed by atoms with van der Waals surface area (Å²) in [6.07, 6.45) is 3.68. The summed E-state index contributed by atoms with van der Waals surface area (Å²) < 4.78 is 21.1. The number of methoxy groups -OCH3 is 1. The molecule has 1 aromatic heterocycles. The van der Waals surface area contributed by atoms with E-state index >= 15 is 0 Å². The first kappa shape index (κ1) is 26.6. The van der Waals surface area contributed by atoms with Gasteiger partial charge in [-0.1, -0.05) is 30.3 Å². The number of likely N-dealkylation sites (tertiary alicyclic amines) is 1. The topological polar surface area (TPSA) is 95.8 Å². The van der Waals surface area contributed by atoms with Crippen molar-refractivity contribution >= 4 is 23.6 Å². The first-order valence-electron chi connectivity index (χ1n) is 13.1. The molecule has 0 bridgehead atoms. The number of amides is 2. The van der Waals surface area contributed by atoms with Crippen LogP contribution in [0.15, 0.2) is 65.8 Å². The van der Waals surface area contributed by atoms with Gasteiger partial charge in [0.15, 0.2) is 0 Å². The smallest absolute Gasteiger partial charge is 0.320 e. The molecule has 9 nitrogen and oxygen atoms in total. The average molecular weight is 532 g/mol. The fourth-order valence-corrected chi connectivity index (χ4v) is 5.11. The second kappa shape index (κ2) is 11.8. The summed E-state index contributed by atoms with van der Waals surface area (Å²) in [5, 5.41) is 14.3. The molecule has 204 valence electrons. The number of allylic oxidation sites excluding steroid dienone is 1. The Morgan fingerprint density at radius 3 is 2.72 bits per heavy atom. The van der Waals surface area contributed by atoms with E-state index in [9.17, 15) is 9.18 Å². The lowest BCUT2D eigenvalue weighted by atomic mass is 9.94. The van der Waals surface area contributed by atoms with Crippen molar-refractivity contribution in [3.8, 4) is 5.69 Å². The van der Waals surface area contributed by atoms with Gasteiger partial charge >= 0.3 is 6.03 Å². The third kappa shape index (κ3) is 6.02. The minimum atomic E-state index is -0.347. The number of aromatic nitrogens is 2. The van der Waals surface area contributed by atoms with Crippen LogP contribution in [0.2, 0.25) is 0 Å². The lowest BCUT2D eigenvalue weighted by Gasteiger charge is -2.21. The second-order valence-corrected chi connectivity index (χ2v) is 9.91. The molecule has 0 spiro atoms. The van der Waals surface area contributed by atoms with E-state index in [1.807, 2.05) is 56.4 Å². The quantitative estimate of drug-likeness (QED) is 0.410. The van der Waals surface area contributed by atoms with Crippen molar-refractivity contribution in [1.29, 1.82) is 0 Å². The number of nitrogens with one attached hydrogen (secondary N) is 3. The minimum absolute atomic E-state index is 0.00506. The van der Waals surface area contributed by atoms with Gasteiger partial charge in [0.05, 0.1) is 18.3 Å². The maximum Gasteiger partial charge on any atom is 0.320 e. The van der Waals surface area contributed by atoms with Crippen LogP contribution < -0.4 is 16.0 Å².